The predicted molar refractivity (Wildman–Crippen MR) is 83.4 cm³/mol. The number of nitrogens with zero attached hydrogens (tertiary/aromatic N) is 2. The number of nitrogens with one attached hydrogen (secondary N) is 2. The molecule has 0 saturated carbocycles. The van der Waals surface area contributed by atoms with Gasteiger partial charge in [0.2, 0.25) is 0 Å². The molecule has 0 radical (unpaired) electrons. The second-order valence-corrected chi connectivity index (χ2v) is 4.99. The van der Waals surface area contributed by atoms with Crippen molar-refractivity contribution in [2.45, 2.75) is 6.42 Å². The standard InChI is InChI=1S/C14H13BrN4O2/c1-2-4-9-5-3-6-10(13(9)20)7-16-19-14(21)12-11(15)8-17-18-12/h2-3,5-8,20H,1,4H2,(H,17,18)(H,19,21)/b16-7+. The van der Waals surface area contributed by atoms with Crippen LogP contribution in [-0.2, 0) is 6.42 Å². The van der Waals surface area contributed by atoms with Crippen LogP contribution in [-0.4, -0.2) is 27.4 Å². The van der Waals surface area contributed by atoms with Gasteiger partial charge < -0.3 is 5.11 Å². The van der Waals surface area contributed by atoms with Crippen molar-refractivity contribution in [1.82, 2.24) is 15.6 Å². The lowest BCUT2D eigenvalue weighted by atomic mass is 10.1. The van der Waals surface area contributed by atoms with Gasteiger partial charge in [0.05, 0.1) is 16.9 Å². The Kier molecular flexibility index (Phi) is 4.89. The number of para-hydroxylation sites is 1. The minimum absolute atomic E-state index is 0.123. The van der Waals surface area contributed by atoms with Crippen molar-refractivity contribution in [2.24, 2.45) is 5.10 Å². The van der Waals surface area contributed by atoms with Crippen LogP contribution in [0.25, 0.3) is 0 Å². The van der Waals surface area contributed by atoms with Crippen LogP contribution in [0.3, 0.4) is 0 Å². The van der Waals surface area contributed by atoms with Crippen LogP contribution in [0, 0.1) is 0 Å². The molecule has 0 spiro atoms. The molecule has 0 unspecified atom stereocenters. The van der Waals surface area contributed by atoms with E-state index >= 15 is 0 Å². The normalized spacial score (nSPS) is 10.7. The van der Waals surface area contributed by atoms with Gasteiger partial charge in [-0.1, -0.05) is 18.2 Å². The topological polar surface area (TPSA) is 90.4 Å². The smallest absolute Gasteiger partial charge is 0.290 e. The minimum Gasteiger partial charge on any atom is -0.507 e. The Balaban J connectivity index is 2.08. The summed E-state index contributed by atoms with van der Waals surface area (Å²) in [4.78, 5) is 11.8. The van der Waals surface area contributed by atoms with Gasteiger partial charge in [0, 0.05) is 5.56 Å². The highest BCUT2D eigenvalue weighted by Gasteiger charge is 2.10. The maximum atomic E-state index is 11.8. The van der Waals surface area contributed by atoms with Crippen molar-refractivity contribution < 1.29 is 9.90 Å². The first-order valence-corrected chi connectivity index (χ1v) is 6.86. The third kappa shape index (κ3) is 3.57. The van der Waals surface area contributed by atoms with Crippen LogP contribution >= 0.6 is 15.9 Å². The van der Waals surface area contributed by atoms with E-state index in [0.717, 1.165) is 5.56 Å². The van der Waals surface area contributed by atoms with Crippen molar-refractivity contribution >= 4 is 28.1 Å². The monoisotopic (exact) mass is 348 g/mol. The highest BCUT2D eigenvalue weighted by Crippen LogP contribution is 2.21. The number of rotatable bonds is 5. The molecule has 1 aromatic carbocycles. The molecule has 1 amide bonds. The minimum atomic E-state index is -0.433. The lowest BCUT2D eigenvalue weighted by molar-refractivity contribution is 0.0949. The SMILES string of the molecule is C=CCc1cccc(/C=N/NC(=O)c2[nH]ncc2Br)c1O. The third-order valence-corrected chi connectivity index (χ3v) is 3.31. The number of halogens is 1. The van der Waals surface area contributed by atoms with Crippen molar-refractivity contribution in [2.75, 3.05) is 0 Å². The van der Waals surface area contributed by atoms with Gasteiger partial charge >= 0.3 is 0 Å². The number of hydrogen-bond acceptors (Lipinski definition) is 4. The van der Waals surface area contributed by atoms with E-state index in [0.29, 0.717) is 16.5 Å². The molecule has 21 heavy (non-hydrogen) atoms. The number of hydrogen-bond donors (Lipinski definition) is 3. The van der Waals surface area contributed by atoms with Crippen molar-refractivity contribution in [3.63, 3.8) is 0 Å². The molecule has 0 aliphatic heterocycles. The molecular formula is C14H13BrN4O2. The van der Waals surface area contributed by atoms with E-state index in [9.17, 15) is 9.90 Å². The fourth-order valence-corrected chi connectivity index (χ4v) is 2.05. The van der Waals surface area contributed by atoms with E-state index in [-0.39, 0.29) is 11.4 Å². The Morgan fingerprint density at radius 2 is 2.38 bits per heavy atom. The number of hydrazone groups is 1. The van der Waals surface area contributed by atoms with Gasteiger partial charge in [-0.2, -0.15) is 10.2 Å². The van der Waals surface area contributed by atoms with Crippen LogP contribution < -0.4 is 5.43 Å². The van der Waals surface area contributed by atoms with E-state index in [1.165, 1.54) is 12.4 Å². The Morgan fingerprint density at radius 3 is 3.05 bits per heavy atom. The zero-order valence-corrected chi connectivity index (χ0v) is 12.6. The molecule has 1 heterocycles. The summed E-state index contributed by atoms with van der Waals surface area (Å²) in [6.45, 7) is 3.63. The summed E-state index contributed by atoms with van der Waals surface area (Å²) in [6.07, 6.45) is 5.11. The average molecular weight is 349 g/mol. The van der Waals surface area contributed by atoms with E-state index in [2.05, 4.69) is 43.2 Å². The summed E-state index contributed by atoms with van der Waals surface area (Å²) in [5, 5.41) is 20.1. The summed E-state index contributed by atoms with van der Waals surface area (Å²) in [5.41, 5.74) is 3.89. The summed E-state index contributed by atoms with van der Waals surface area (Å²) in [5.74, 6) is -0.310. The van der Waals surface area contributed by atoms with Crippen molar-refractivity contribution in [1.29, 1.82) is 0 Å². The summed E-state index contributed by atoms with van der Waals surface area (Å²) >= 11 is 3.19. The van der Waals surface area contributed by atoms with Crippen LogP contribution in [0.5, 0.6) is 5.75 Å². The van der Waals surface area contributed by atoms with Crippen LogP contribution in [0.4, 0.5) is 0 Å². The molecule has 3 N–H and O–H groups in total. The zero-order valence-electron chi connectivity index (χ0n) is 11.0. The number of aromatic nitrogens is 2. The number of phenols is 1. The molecule has 0 fully saturated rings. The largest absolute Gasteiger partial charge is 0.507 e. The number of benzene rings is 1. The Hall–Kier alpha value is -2.41. The quantitative estimate of drug-likeness (QED) is 0.440. The molecule has 7 heteroatoms. The van der Waals surface area contributed by atoms with E-state index < -0.39 is 5.91 Å². The van der Waals surface area contributed by atoms with Crippen molar-refractivity contribution in [3.05, 3.63) is 58.3 Å². The number of H-pyrrole nitrogens is 1. The lowest BCUT2D eigenvalue weighted by Crippen LogP contribution is -2.18. The van der Waals surface area contributed by atoms with Gasteiger partial charge in [-0.15, -0.1) is 6.58 Å². The molecule has 2 aromatic rings. The molecule has 6 nitrogen and oxygen atoms in total. The number of amides is 1. The number of aromatic hydroxyl groups is 1. The molecule has 108 valence electrons. The molecule has 0 aliphatic carbocycles. The van der Waals surface area contributed by atoms with Crippen molar-refractivity contribution in [3.8, 4) is 5.75 Å². The first-order chi connectivity index (χ1) is 10.1. The van der Waals surface area contributed by atoms with Gasteiger partial charge in [-0.3, -0.25) is 9.89 Å². The highest BCUT2D eigenvalue weighted by molar-refractivity contribution is 9.10. The lowest BCUT2D eigenvalue weighted by Gasteiger charge is -2.04. The van der Waals surface area contributed by atoms with E-state index in [1.807, 2.05) is 0 Å². The predicted octanol–water partition coefficient (Wildman–Crippen LogP) is 2.37. The van der Waals surface area contributed by atoms with Gasteiger partial charge in [0.1, 0.15) is 11.4 Å². The summed E-state index contributed by atoms with van der Waals surface area (Å²) in [7, 11) is 0. The number of carbonyl (C=O) groups excluding carboxylic acids is 1. The molecular weight excluding hydrogens is 336 g/mol. The number of carbonyl (C=O) groups is 1. The first kappa shape index (κ1) is 15.0. The van der Waals surface area contributed by atoms with Crippen LogP contribution in [0.15, 0.2) is 46.6 Å². The maximum absolute atomic E-state index is 11.8. The van der Waals surface area contributed by atoms with Gasteiger partial charge in [0.15, 0.2) is 0 Å². The molecule has 0 aliphatic rings. The Bertz CT molecular complexity index is 694. The van der Waals surface area contributed by atoms with E-state index in [1.54, 1.807) is 24.3 Å². The molecule has 2 rings (SSSR count). The number of allylic oxidation sites excluding steroid dienone is 1. The van der Waals surface area contributed by atoms with Gasteiger partial charge in [-0.05, 0) is 34.0 Å². The van der Waals surface area contributed by atoms with Gasteiger partial charge in [-0.25, -0.2) is 5.43 Å². The number of aromatic amines is 1. The molecule has 1 aromatic heterocycles. The maximum Gasteiger partial charge on any atom is 0.290 e. The summed E-state index contributed by atoms with van der Waals surface area (Å²) in [6, 6.07) is 5.30. The zero-order chi connectivity index (χ0) is 15.2. The van der Waals surface area contributed by atoms with Crippen LogP contribution in [0.2, 0.25) is 0 Å². The molecule has 0 bridgehead atoms. The first-order valence-electron chi connectivity index (χ1n) is 6.07. The second kappa shape index (κ2) is 6.85. The van der Waals surface area contributed by atoms with Gasteiger partial charge in [0.25, 0.3) is 5.91 Å². The van der Waals surface area contributed by atoms with E-state index in [4.69, 9.17) is 0 Å². The summed E-state index contributed by atoms with van der Waals surface area (Å²) < 4.78 is 0.547. The van der Waals surface area contributed by atoms with Crippen LogP contribution in [0.1, 0.15) is 21.6 Å². The Labute approximate surface area is 129 Å². The fourth-order valence-electron chi connectivity index (χ4n) is 1.68. The Morgan fingerprint density at radius 1 is 1.57 bits per heavy atom. The second-order valence-electron chi connectivity index (χ2n) is 4.14. The average Bonchev–Trinajstić information content (AvgIpc) is 2.89. The number of phenolic OH excluding ortho intramolecular Hbond substituents is 1. The molecule has 0 saturated heterocycles. The highest BCUT2D eigenvalue weighted by atomic mass is 79.9. The molecule has 0 atom stereocenters. The fraction of sp³-hybridized carbons (Fsp3) is 0.0714. The third-order valence-electron chi connectivity index (χ3n) is 2.70.